The highest BCUT2D eigenvalue weighted by Crippen LogP contribution is 2.59. The van der Waals surface area contributed by atoms with Crippen molar-refractivity contribution in [2.45, 2.75) is 82.1 Å². The van der Waals surface area contributed by atoms with Gasteiger partial charge in [-0.1, -0.05) is 59.8 Å². The summed E-state index contributed by atoms with van der Waals surface area (Å²) in [7, 11) is 0. The Morgan fingerprint density at radius 1 is 1.14 bits per heavy atom. The Hall–Kier alpha value is -4.88. The predicted molar refractivity (Wildman–Crippen MR) is 183 cm³/mol. The van der Waals surface area contributed by atoms with E-state index >= 15 is 0 Å². The first-order valence-electron chi connectivity index (χ1n) is 17.1. The van der Waals surface area contributed by atoms with E-state index in [-0.39, 0.29) is 25.5 Å². The van der Waals surface area contributed by atoms with E-state index in [9.17, 15) is 24.3 Å². The Labute approximate surface area is 290 Å². The molecule has 2 N–H and O–H groups in total. The van der Waals surface area contributed by atoms with Gasteiger partial charge in [0.25, 0.3) is 0 Å². The number of fused-ring (bicyclic) bond motifs is 2. The first-order valence-corrected chi connectivity index (χ1v) is 17.1. The van der Waals surface area contributed by atoms with Crippen molar-refractivity contribution in [1.82, 2.24) is 30.1 Å². The van der Waals surface area contributed by atoms with Crippen molar-refractivity contribution in [3.8, 4) is 0 Å². The lowest BCUT2D eigenvalue weighted by Gasteiger charge is -2.38. The van der Waals surface area contributed by atoms with Gasteiger partial charge in [-0.05, 0) is 50.8 Å². The minimum absolute atomic E-state index is 0.0300. The van der Waals surface area contributed by atoms with Crippen LogP contribution in [0.2, 0.25) is 0 Å². The minimum Gasteiger partial charge on any atom is -0.455 e. The van der Waals surface area contributed by atoms with Crippen molar-refractivity contribution in [1.29, 1.82) is 0 Å². The van der Waals surface area contributed by atoms with E-state index in [1.807, 2.05) is 54.6 Å². The SMILES string of the molecule is C=CCCC(=O)N[C@@H](C)[C@H](OC(=O)[C@@H]1[C@@H]2CC[C@]3(O2)[C@H](C(=O)N(CC=C)Cn2nnc4ccccc42)N([C@H](C)CO)C(=O)[C@@H]13)c1ccccc1. The van der Waals surface area contributed by atoms with Crippen LogP contribution >= 0.6 is 0 Å². The number of aliphatic hydroxyl groups is 1. The number of allylic oxidation sites excluding steroid dienone is 1. The Morgan fingerprint density at radius 3 is 2.60 bits per heavy atom. The van der Waals surface area contributed by atoms with Crippen LogP contribution in [0.1, 0.15) is 51.2 Å². The number of nitrogens with one attached hydrogen (secondary N) is 1. The maximum atomic E-state index is 14.7. The number of likely N-dealkylation sites (tertiary alicyclic amines) is 1. The molecule has 264 valence electrons. The maximum Gasteiger partial charge on any atom is 0.313 e. The number of rotatable bonds is 15. The van der Waals surface area contributed by atoms with Gasteiger partial charge in [-0.25, -0.2) is 4.68 Å². The molecule has 1 aromatic heterocycles. The smallest absolute Gasteiger partial charge is 0.313 e. The number of aliphatic hydroxyl groups excluding tert-OH is 1. The molecule has 2 aromatic carbocycles. The average Bonchev–Trinajstić information content (AvgIpc) is 3.88. The van der Waals surface area contributed by atoms with Crippen molar-refractivity contribution >= 4 is 34.7 Å². The van der Waals surface area contributed by atoms with Crippen LogP contribution in [0.5, 0.6) is 0 Å². The number of hydrogen-bond donors (Lipinski definition) is 2. The van der Waals surface area contributed by atoms with E-state index in [4.69, 9.17) is 9.47 Å². The molecule has 3 aliphatic heterocycles. The summed E-state index contributed by atoms with van der Waals surface area (Å²) in [6.07, 6.45) is 3.30. The number of carbonyl (C=O) groups is 4. The van der Waals surface area contributed by atoms with Gasteiger partial charge in [0, 0.05) is 13.0 Å². The number of amides is 3. The molecule has 6 rings (SSSR count). The molecule has 3 aromatic rings. The molecule has 0 radical (unpaired) electrons. The lowest BCUT2D eigenvalue weighted by molar-refractivity contribution is -0.162. The molecule has 3 amide bonds. The summed E-state index contributed by atoms with van der Waals surface area (Å²) in [4.78, 5) is 59.0. The largest absolute Gasteiger partial charge is 0.455 e. The number of esters is 1. The highest BCUT2D eigenvalue weighted by Gasteiger charge is 2.75. The van der Waals surface area contributed by atoms with Crippen LogP contribution in [-0.2, 0) is 35.3 Å². The highest BCUT2D eigenvalue weighted by molar-refractivity contribution is 5.98. The van der Waals surface area contributed by atoms with Crippen LogP contribution in [-0.4, -0.2) is 96.6 Å². The zero-order chi connectivity index (χ0) is 35.6. The first kappa shape index (κ1) is 35.0. The van der Waals surface area contributed by atoms with E-state index in [1.54, 1.807) is 30.7 Å². The van der Waals surface area contributed by atoms with Crippen molar-refractivity contribution in [3.05, 3.63) is 85.5 Å². The number of para-hydroxylation sites is 1. The summed E-state index contributed by atoms with van der Waals surface area (Å²) in [5, 5.41) is 21.7. The molecule has 3 aliphatic rings. The van der Waals surface area contributed by atoms with Gasteiger partial charge in [0.1, 0.15) is 29.9 Å². The molecular weight excluding hydrogens is 640 g/mol. The Balaban J connectivity index is 1.30. The monoisotopic (exact) mass is 684 g/mol. The zero-order valence-corrected chi connectivity index (χ0v) is 28.4. The molecule has 0 aliphatic carbocycles. The summed E-state index contributed by atoms with van der Waals surface area (Å²) >= 11 is 0. The Bertz CT molecular complexity index is 1760. The molecule has 3 fully saturated rings. The average molecular weight is 685 g/mol. The molecule has 50 heavy (non-hydrogen) atoms. The van der Waals surface area contributed by atoms with Crippen LogP contribution < -0.4 is 5.32 Å². The second kappa shape index (κ2) is 14.5. The summed E-state index contributed by atoms with van der Waals surface area (Å²) in [6, 6.07) is 14.1. The molecular formula is C37H44N6O7. The van der Waals surface area contributed by atoms with Gasteiger partial charge in [0.15, 0.2) is 0 Å². The number of nitrogens with zero attached hydrogens (tertiary/aromatic N) is 5. The third kappa shape index (κ3) is 6.20. The maximum absolute atomic E-state index is 14.7. The molecule has 0 saturated carbocycles. The van der Waals surface area contributed by atoms with Crippen LogP contribution in [0.4, 0.5) is 0 Å². The third-order valence-electron chi connectivity index (χ3n) is 10.2. The molecule has 1 spiro atoms. The van der Waals surface area contributed by atoms with Crippen LogP contribution in [0.3, 0.4) is 0 Å². The normalized spacial score (nSPS) is 25.5. The van der Waals surface area contributed by atoms with Gasteiger partial charge in [-0.15, -0.1) is 18.3 Å². The van der Waals surface area contributed by atoms with Crippen molar-refractivity contribution in [3.63, 3.8) is 0 Å². The summed E-state index contributed by atoms with van der Waals surface area (Å²) in [6.45, 7) is 10.7. The summed E-state index contributed by atoms with van der Waals surface area (Å²) < 4.78 is 14.4. The number of aromatic nitrogens is 3. The minimum atomic E-state index is -1.32. The van der Waals surface area contributed by atoms with Crippen molar-refractivity contribution in [2.75, 3.05) is 13.2 Å². The van der Waals surface area contributed by atoms with E-state index in [0.717, 1.165) is 5.52 Å². The quantitative estimate of drug-likeness (QED) is 0.182. The fourth-order valence-corrected chi connectivity index (χ4v) is 7.87. The van der Waals surface area contributed by atoms with Gasteiger partial charge in [-0.2, -0.15) is 0 Å². The van der Waals surface area contributed by atoms with E-state index in [2.05, 4.69) is 28.8 Å². The molecule has 4 heterocycles. The van der Waals surface area contributed by atoms with Gasteiger partial charge >= 0.3 is 5.97 Å². The number of hydrogen-bond acceptors (Lipinski definition) is 9. The van der Waals surface area contributed by atoms with Gasteiger partial charge in [0.05, 0.1) is 42.1 Å². The summed E-state index contributed by atoms with van der Waals surface area (Å²) in [5.41, 5.74) is 0.761. The van der Waals surface area contributed by atoms with Gasteiger partial charge < -0.3 is 29.7 Å². The van der Waals surface area contributed by atoms with E-state index < -0.39 is 72.2 Å². The fourth-order valence-electron chi connectivity index (χ4n) is 7.87. The lowest BCUT2D eigenvalue weighted by Crippen LogP contribution is -2.58. The molecule has 3 saturated heterocycles. The van der Waals surface area contributed by atoms with Crippen LogP contribution in [0.25, 0.3) is 11.0 Å². The van der Waals surface area contributed by atoms with E-state index in [0.29, 0.717) is 30.3 Å². The number of ether oxygens (including phenoxy) is 2. The van der Waals surface area contributed by atoms with Gasteiger partial charge in [-0.3, -0.25) is 19.2 Å². The first-order chi connectivity index (χ1) is 24.1. The molecule has 2 bridgehead atoms. The molecule has 13 nitrogen and oxygen atoms in total. The standard InChI is InChI=1S/C37H44N6O7/c1-5-7-17-29(45)38-24(4)32(25-13-9-8-10-14-25)49-36(48)30-28-18-19-37(50-28)31(30)34(46)43(23(3)21-44)33(37)35(47)41(20-6-2)22-42-27-16-12-11-15-26(27)39-40-42/h5-6,8-16,23-24,28,30-33,44H,1-2,7,17-22H2,3-4H3,(H,38,45)/t23-,24+,28+,30-,31-,32+,33+,37-/m1/s1. The molecule has 0 unspecified atom stereocenters. The lowest BCUT2D eigenvalue weighted by atomic mass is 9.70. The zero-order valence-electron chi connectivity index (χ0n) is 28.4. The predicted octanol–water partition coefficient (Wildman–Crippen LogP) is 2.91. The number of carbonyl (C=O) groups excluding carboxylic acids is 4. The second-order valence-corrected chi connectivity index (χ2v) is 13.4. The van der Waals surface area contributed by atoms with Crippen LogP contribution in [0, 0.1) is 11.8 Å². The van der Waals surface area contributed by atoms with Crippen LogP contribution in [0.15, 0.2) is 79.9 Å². The molecule has 8 atom stereocenters. The Morgan fingerprint density at radius 2 is 1.88 bits per heavy atom. The third-order valence-corrected chi connectivity index (χ3v) is 10.2. The molecule has 13 heteroatoms. The van der Waals surface area contributed by atoms with E-state index in [1.165, 1.54) is 9.80 Å². The fraction of sp³-hybridized carbons (Fsp3) is 0.459. The topological polar surface area (TPSA) is 156 Å². The Kier molecular flexibility index (Phi) is 10.2. The van der Waals surface area contributed by atoms with Crippen molar-refractivity contribution < 1.29 is 33.8 Å². The van der Waals surface area contributed by atoms with Gasteiger partial charge in [0.2, 0.25) is 17.7 Å². The highest BCUT2D eigenvalue weighted by atomic mass is 16.6. The summed E-state index contributed by atoms with van der Waals surface area (Å²) in [5.74, 6) is -3.71. The van der Waals surface area contributed by atoms with Crippen molar-refractivity contribution in [2.24, 2.45) is 11.8 Å². The second-order valence-electron chi connectivity index (χ2n) is 13.4. The number of benzene rings is 2.